The van der Waals surface area contributed by atoms with Crippen molar-refractivity contribution in [2.24, 2.45) is 0 Å². The van der Waals surface area contributed by atoms with Crippen LogP contribution in [-0.4, -0.2) is 21.6 Å². The van der Waals surface area contributed by atoms with Gasteiger partial charge in [-0.2, -0.15) is 4.98 Å². The van der Waals surface area contributed by atoms with Crippen molar-refractivity contribution in [1.82, 2.24) is 15.5 Å². The highest BCUT2D eigenvalue weighted by Crippen LogP contribution is 2.16. The minimum atomic E-state index is -0.380. The highest BCUT2D eigenvalue weighted by molar-refractivity contribution is 5.39. The summed E-state index contributed by atoms with van der Waals surface area (Å²) in [7, 11) is 0. The van der Waals surface area contributed by atoms with Crippen LogP contribution in [0.3, 0.4) is 0 Å². The molecule has 2 rings (SSSR count). The van der Waals surface area contributed by atoms with Gasteiger partial charge >= 0.3 is 0 Å². The molecule has 0 aliphatic heterocycles. The number of nitro benzene ring substituents is 1. The highest BCUT2D eigenvalue weighted by Gasteiger charge is 2.11. The second kappa shape index (κ2) is 5.87. The monoisotopic (exact) mass is 248 g/mol. The lowest BCUT2D eigenvalue weighted by Crippen LogP contribution is -2.17. The Bertz CT molecular complexity index is 513. The van der Waals surface area contributed by atoms with Gasteiger partial charge in [0, 0.05) is 31.1 Å². The second-order valence-corrected chi connectivity index (χ2v) is 3.65. The third-order valence-electron chi connectivity index (χ3n) is 2.43. The number of benzene rings is 1. The lowest BCUT2D eigenvalue weighted by Gasteiger charge is -2.03. The fourth-order valence-electron chi connectivity index (χ4n) is 1.56. The molecule has 0 atom stereocenters. The summed E-state index contributed by atoms with van der Waals surface area (Å²) in [4.78, 5) is 14.3. The third-order valence-corrected chi connectivity index (χ3v) is 2.43. The number of nitrogens with zero attached hydrogens (tertiary/aromatic N) is 3. The van der Waals surface area contributed by atoms with Gasteiger partial charge in [-0.1, -0.05) is 23.4 Å². The fourth-order valence-corrected chi connectivity index (χ4v) is 1.56. The van der Waals surface area contributed by atoms with E-state index in [1.54, 1.807) is 18.2 Å². The lowest BCUT2D eigenvalue weighted by molar-refractivity contribution is -0.385. The van der Waals surface area contributed by atoms with Gasteiger partial charge in [-0.25, -0.2) is 0 Å². The van der Waals surface area contributed by atoms with Gasteiger partial charge in [-0.15, -0.1) is 0 Å². The molecule has 0 aliphatic rings. The molecule has 1 aromatic carbocycles. The van der Waals surface area contributed by atoms with Crippen molar-refractivity contribution in [3.8, 4) is 0 Å². The number of rotatable bonds is 6. The van der Waals surface area contributed by atoms with E-state index in [-0.39, 0.29) is 10.6 Å². The van der Waals surface area contributed by atoms with Gasteiger partial charge in [0.2, 0.25) is 5.89 Å². The molecule has 1 N–H and O–H groups in total. The molecule has 18 heavy (non-hydrogen) atoms. The number of hydrogen-bond donors (Lipinski definition) is 1. The molecule has 1 aromatic heterocycles. The Kier molecular flexibility index (Phi) is 3.98. The first kappa shape index (κ1) is 12.2. The first-order chi connectivity index (χ1) is 8.77. The Hall–Kier alpha value is -2.28. The topological polar surface area (TPSA) is 94.1 Å². The summed E-state index contributed by atoms with van der Waals surface area (Å²) in [5.41, 5.74) is 0.788. The fraction of sp³-hybridized carbons (Fsp3) is 0.273. The zero-order chi connectivity index (χ0) is 12.8. The van der Waals surface area contributed by atoms with E-state index >= 15 is 0 Å². The Labute approximate surface area is 103 Å². The van der Waals surface area contributed by atoms with Gasteiger partial charge in [0.15, 0.2) is 6.33 Å². The molecule has 7 heteroatoms. The Morgan fingerprint density at radius 1 is 1.39 bits per heavy atom. The summed E-state index contributed by atoms with van der Waals surface area (Å²) in [6.45, 7) is 1.06. The van der Waals surface area contributed by atoms with Crippen molar-refractivity contribution >= 4 is 5.69 Å². The average molecular weight is 248 g/mol. The van der Waals surface area contributed by atoms with Crippen molar-refractivity contribution in [3.05, 3.63) is 52.2 Å². The normalized spacial score (nSPS) is 10.4. The van der Waals surface area contributed by atoms with Crippen LogP contribution in [0.25, 0.3) is 0 Å². The maximum atomic E-state index is 10.8. The summed E-state index contributed by atoms with van der Waals surface area (Å²) in [6, 6.07) is 6.66. The van der Waals surface area contributed by atoms with E-state index in [1.165, 1.54) is 12.4 Å². The molecule has 1 heterocycles. The van der Waals surface area contributed by atoms with Crippen molar-refractivity contribution in [2.45, 2.75) is 13.0 Å². The van der Waals surface area contributed by atoms with Crippen molar-refractivity contribution in [2.75, 3.05) is 6.54 Å². The molecule has 0 radical (unpaired) electrons. The van der Waals surface area contributed by atoms with Crippen LogP contribution in [0.5, 0.6) is 0 Å². The van der Waals surface area contributed by atoms with Gasteiger partial charge in [-0.3, -0.25) is 10.1 Å². The maximum absolute atomic E-state index is 10.8. The van der Waals surface area contributed by atoms with Gasteiger partial charge in [0.05, 0.1) is 4.92 Å². The molecule has 0 spiro atoms. The number of nitro groups is 1. The Morgan fingerprint density at radius 3 is 2.94 bits per heavy atom. The van der Waals surface area contributed by atoms with E-state index in [0.29, 0.717) is 31.0 Å². The summed E-state index contributed by atoms with van der Waals surface area (Å²) >= 11 is 0. The van der Waals surface area contributed by atoms with Crippen molar-refractivity contribution in [1.29, 1.82) is 0 Å². The van der Waals surface area contributed by atoms with Crippen LogP contribution < -0.4 is 5.32 Å². The largest absolute Gasteiger partial charge is 0.340 e. The summed E-state index contributed by atoms with van der Waals surface area (Å²) in [5.74, 6) is 0.546. The smallest absolute Gasteiger partial charge is 0.273 e. The number of para-hydroxylation sites is 1. The molecule has 2 aromatic rings. The number of aromatic nitrogens is 2. The van der Waals surface area contributed by atoms with Crippen LogP contribution in [0.2, 0.25) is 0 Å². The summed E-state index contributed by atoms with van der Waals surface area (Å²) in [5, 5.41) is 17.4. The van der Waals surface area contributed by atoms with Crippen LogP contribution in [-0.2, 0) is 13.0 Å². The van der Waals surface area contributed by atoms with E-state index in [9.17, 15) is 10.1 Å². The molecule has 0 bridgehead atoms. The number of hydrogen-bond acceptors (Lipinski definition) is 6. The molecule has 0 amide bonds. The SMILES string of the molecule is O=[N+]([O-])c1ccccc1CNCCc1ncno1. The minimum Gasteiger partial charge on any atom is -0.340 e. The van der Waals surface area contributed by atoms with Crippen LogP contribution >= 0.6 is 0 Å². The molecule has 7 nitrogen and oxygen atoms in total. The minimum absolute atomic E-state index is 0.128. The molecular formula is C11H12N4O3. The first-order valence-electron chi connectivity index (χ1n) is 5.46. The van der Waals surface area contributed by atoms with Gasteiger partial charge in [-0.05, 0) is 0 Å². The van der Waals surface area contributed by atoms with Crippen LogP contribution in [0.4, 0.5) is 5.69 Å². The second-order valence-electron chi connectivity index (χ2n) is 3.65. The molecule has 94 valence electrons. The molecule has 0 unspecified atom stereocenters. The predicted molar refractivity (Wildman–Crippen MR) is 62.8 cm³/mol. The quantitative estimate of drug-likeness (QED) is 0.470. The van der Waals surface area contributed by atoms with Crippen molar-refractivity contribution < 1.29 is 9.45 Å². The van der Waals surface area contributed by atoms with Crippen molar-refractivity contribution in [3.63, 3.8) is 0 Å². The van der Waals surface area contributed by atoms with Crippen LogP contribution in [0.1, 0.15) is 11.5 Å². The van der Waals surface area contributed by atoms with E-state index in [0.717, 1.165) is 0 Å². The van der Waals surface area contributed by atoms with Gasteiger partial charge in [0.1, 0.15) is 0 Å². The molecule has 0 saturated heterocycles. The third kappa shape index (κ3) is 3.11. The predicted octanol–water partition coefficient (Wildman–Crippen LogP) is 1.31. The molecule has 0 fully saturated rings. The van der Waals surface area contributed by atoms with Gasteiger partial charge in [0.25, 0.3) is 5.69 Å². The molecular weight excluding hydrogens is 236 g/mol. The Balaban J connectivity index is 1.85. The van der Waals surface area contributed by atoms with Crippen LogP contribution in [0.15, 0.2) is 35.1 Å². The summed E-state index contributed by atoms with van der Waals surface area (Å²) in [6.07, 6.45) is 1.94. The van der Waals surface area contributed by atoms with E-state index < -0.39 is 0 Å². The highest BCUT2D eigenvalue weighted by atomic mass is 16.6. The zero-order valence-corrected chi connectivity index (χ0v) is 9.57. The average Bonchev–Trinajstić information content (AvgIpc) is 2.88. The van der Waals surface area contributed by atoms with E-state index in [2.05, 4.69) is 15.5 Å². The molecule has 0 aliphatic carbocycles. The maximum Gasteiger partial charge on any atom is 0.273 e. The molecule has 0 saturated carbocycles. The summed E-state index contributed by atoms with van der Waals surface area (Å²) < 4.78 is 4.84. The van der Waals surface area contributed by atoms with Crippen LogP contribution in [0, 0.1) is 10.1 Å². The standard InChI is InChI=1S/C11H12N4O3/c16-15(17)10-4-2-1-3-9(10)7-12-6-5-11-13-8-14-18-11/h1-4,8,12H,5-7H2. The first-order valence-corrected chi connectivity index (χ1v) is 5.46. The Morgan fingerprint density at radius 2 is 2.22 bits per heavy atom. The lowest BCUT2D eigenvalue weighted by atomic mass is 10.2. The number of nitrogens with one attached hydrogen (secondary N) is 1. The van der Waals surface area contributed by atoms with Gasteiger partial charge < -0.3 is 9.84 Å². The van der Waals surface area contributed by atoms with E-state index in [4.69, 9.17) is 4.52 Å². The zero-order valence-electron chi connectivity index (χ0n) is 9.57. The van der Waals surface area contributed by atoms with E-state index in [1.807, 2.05) is 0 Å².